The largest absolute Gasteiger partial charge is 0.352 e. The molecule has 1 aromatic heterocycles. The molecule has 1 heterocycles. The lowest BCUT2D eigenvalue weighted by Crippen LogP contribution is -2.25. The predicted molar refractivity (Wildman–Crippen MR) is 63.1 cm³/mol. The first-order valence-corrected chi connectivity index (χ1v) is 6.04. The van der Waals surface area contributed by atoms with Gasteiger partial charge >= 0.3 is 0 Å². The van der Waals surface area contributed by atoms with Crippen molar-refractivity contribution in [3.8, 4) is 0 Å². The molecule has 2 rings (SSSR count). The molecule has 0 saturated heterocycles. The summed E-state index contributed by atoms with van der Waals surface area (Å²) in [6.45, 7) is 0.790. The van der Waals surface area contributed by atoms with Crippen molar-refractivity contribution in [3.63, 3.8) is 0 Å². The van der Waals surface area contributed by atoms with Crippen LogP contribution in [0, 0.1) is 5.92 Å². The maximum Gasteiger partial charge on any atom is 0.252 e. The van der Waals surface area contributed by atoms with E-state index >= 15 is 0 Å². The zero-order chi connectivity index (χ0) is 11.2. The Bertz CT molecular complexity index is 331. The third-order valence-electron chi connectivity index (χ3n) is 3.24. The number of amides is 1. The average Bonchev–Trinajstić information content (AvgIpc) is 2.83. The van der Waals surface area contributed by atoms with Crippen molar-refractivity contribution >= 4 is 5.91 Å². The lowest BCUT2D eigenvalue weighted by molar-refractivity contribution is 0.0951. The molecule has 1 aliphatic carbocycles. The van der Waals surface area contributed by atoms with E-state index < -0.39 is 0 Å². The summed E-state index contributed by atoms with van der Waals surface area (Å²) >= 11 is 0. The van der Waals surface area contributed by atoms with E-state index in [4.69, 9.17) is 0 Å². The van der Waals surface area contributed by atoms with E-state index in [2.05, 4.69) is 10.3 Å². The van der Waals surface area contributed by atoms with Crippen LogP contribution in [0.5, 0.6) is 0 Å². The Kier molecular flexibility index (Phi) is 3.91. The van der Waals surface area contributed by atoms with Gasteiger partial charge in [-0.05, 0) is 24.5 Å². The highest BCUT2D eigenvalue weighted by atomic mass is 16.1. The summed E-state index contributed by atoms with van der Waals surface area (Å²) in [5, 5.41) is 2.95. The Balaban J connectivity index is 1.71. The van der Waals surface area contributed by atoms with Crippen LogP contribution >= 0.6 is 0 Å². The van der Waals surface area contributed by atoms with Gasteiger partial charge in [-0.2, -0.15) is 0 Å². The van der Waals surface area contributed by atoms with E-state index in [0.29, 0.717) is 5.56 Å². The minimum Gasteiger partial charge on any atom is -0.352 e. The molecule has 1 N–H and O–H groups in total. The summed E-state index contributed by atoms with van der Waals surface area (Å²) in [6.07, 6.45) is 9.79. The van der Waals surface area contributed by atoms with Gasteiger partial charge in [-0.3, -0.25) is 9.78 Å². The highest BCUT2D eigenvalue weighted by Crippen LogP contribution is 2.26. The Morgan fingerprint density at radius 2 is 2.25 bits per heavy atom. The number of rotatable bonds is 4. The third kappa shape index (κ3) is 3.05. The van der Waals surface area contributed by atoms with Gasteiger partial charge in [0.15, 0.2) is 0 Å². The van der Waals surface area contributed by atoms with Crippen LogP contribution in [0.1, 0.15) is 42.5 Å². The van der Waals surface area contributed by atoms with E-state index in [1.54, 1.807) is 24.5 Å². The second kappa shape index (κ2) is 5.64. The van der Waals surface area contributed by atoms with E-state index in [1.807, 2.05) is 0 Å². The minimum atomic E-state index is -0.00824. The summed E-state index contributed by atoms with van der Waals surface area (Å²) in [7, 11) is 0. The van der Waals surface area contributed by atoms with E-state index in [0.717, 1.165) is 18.9 Å². The summed E-state index contributed by atoms with van der Waals surface area (Å²) in [5.41, 5.74) is 0.647. The van der Waals surface area contributed by atoms with Crippen LogP contribution in [0.15, 0.2) is 24.5 Å². The smallest absolute Gasteiger partial charge is 0.252 e. The summed E-state index contributed by atoms with van der Waals surface area (Å²) < 4.78 is 0. The summed E-state index contributed by atoms with van der Waals surface area (Å²) in [5.74, 6) is 0.820. The van der Waals surface area contributed by atoms with E-state index in [9.17, 15) is 4.79 Å². The monoisotopic (exact) mass is 218 g/mol. The second-order valence-corrected chi connectivity index (χ2v) is 4.44. The molecular weight excluding hydrogens is 200 g/mol. The fourth-order valence-electron chi connectivity index (χ4n) is 2.29. The van der Waals surface area contributed by atoms with Crippen LogP contribution in [0.2, 0.25) is 0 Å². The first kappa shape index (κ1) is 11.1. The van der Waals surface area contributed by atoms with Crippen LogP contribution in [-0.2, 0) is 0 Å². The van der Waals surface area contributed by atoms with Gasteiger partial charge in [-0.1, -0.05) is 25.7 Å². The number of aromatic nitrogens is 1. The van der Waals surface area contributed by atoms with Crippen molar-refractivity contribution in [1.82, 2.24) is 10.3 Å². The molecule has 86 valence electrons. The SMILES string of the molecule is O=C(NCCC1CCCC1)c1cccnc1. The molecule has 0 aromatic carbocycles. The lowest BCUT2D eigenvalue weighted by atomic mass is 10.0. The van der Waals surface area contributed by atoms with Gasteiger partial charge in [-0.15, -0.1) is 0 Å². The molecular formula is C13H18N2O. The normalized spacial score (nSPS) is 16.2. The average molecular weight is 218 g/mol. The second-order valence-electron chi connectivity index (χ2n) is 4.44. The molecule has 1 saturated carbocycles. The fourth-order valence-corrected chi connectivity index (χ4v) is 2.29. The quantitative estimate of drug-likeness (QED) is 0.843. The first-order valence-electron chi connectivity index (χ1n) is 6.04. The van der Waals surface area contributed by atoms with Crippen LogP contribution < -0.4 is 5.32 Å². The van der Waals surface area contributed by atoms with Crippen LogP contribution in [0.25, 0.3) is 0 Å². The van der Waals surface area contributed by atoms with Crippen LogP contribution in [0.4, 0.5) is 0 Å². The zero-order valence-electron chi connectivity index (χ0n) is 9.48. The Hall–Kier alpha value is -1.38. The van der Waals surface area contributed by atoms with Gasteiger partial charge in [-0.25, -0.2) is 0 Å². The van der Waals surface area contributed by atoms with Crippen molar-refractivity contribution in [2.75, 3.05) is 6.54 Å². The highest BCUT2D eigenvalue weighted by Gasteiger charge is 2.14. The van der Waals surface area contributed by atoms with Crippen molar-refractivity contribution in [3.05, 3.63) is 30.1 Å². The third-order valence-corrected chi connectivity index (χ3v) is 3.24. The lowest BCUT2D eigenvalue weighted by Gasteiger charge is -2.09. The molecule has 16 heavy (non-hydrogen) atoms. The zero-order valence-corrected chi connectivity index (χ0v) is 9.48. The minimum absolute atomic E-state index is 0.00824. The predicted octanol–water partition coefficient (Wildman–Crippen LogP) is 2.39. The van der Waals surface area contributed by atoms with Crippen molar-refractivity contribution in [2.24, 2.45) is 5.92 Å². The Labute approximate surface area is 96.3 Å². The molecule has 1 aliphatic rings. The number of nitrogens with one attached hydrogen (secondary N) is 1. The molecule has 1 aromatic rings. The molecule has 1 amide bonds. The highest BCUT2D eigenvalue weighted by molar-refractivity contribution is 5.93. The Morgan fingerprint density at radius 1 is 1.44 bits per heavy atom. The molecule has 3 heteroatoms. The molecule has 0 bridgehead atoms. The number of carbonyl (C=O) groups excluding carboxylic acids is 1. The van der Waals surface area contributed by atoms with Gasteiger partial charge in [0.25, 0.3) is 5.91 Å². The van der Waals surface area contributed by atoms with Gasteiger partial charge in [0.2, 0.25) is 0 Å². The molecule has 3 nitrogen and oxygen atoms in total. The number of pyridine rings is 1. The van der Waals surface area contributed by atoms with Crippen molar-refractivity contribution < 1.29 is 4.79 Å². The molecule has 0 radical (unpaired) electrons. The fraction of sp³-hybridized carbons (Fsp3) is 0.538. The van der Waals surface area contributed by atoms with Gasteiger partial charge < -0.3 is 5.32 Å². The summed E-state index contributed by atoms with van der Waals surface area (Å²) in [6, 6.07) is 3.57. The van der Waals surface area contributed by atoms with Gasteiger partial charge in [0.05, 0.1) is 5.56 Å². The van der Waals surface area contributed by atoms with Gasteiger partial charge in [0.1, 0.15) is 0 Å². The number of carbonyl (C=O) groups is 1. The molecule has 0 atom stereocenters. The van der Waals surface area contributed by atoms with E-state index in [1.165, 1.54) is 25.7 Å². The number of hydrogen-bond donors (Lipinski definition) is 1. The number of nitrogens with zero attached hydrogens (tertiary/aromatic N) is 1. The topological polar surface area (TPSA) is 42.0 Å². The van der Waals surface area contributed by atoms with Gasteiger partial charge in [0, 0.05) is 18.9 Å². The molecule has 0 spiro atoms. The van der Waals surface area contributed by atoms with Crippen LogP contribution in [0.3, 0.4) is 0 Å². The first-order chi connectivity index (χ1) is 7.86. The number of hydrogen-bond acceptors (Lipinski definition) is 2. The summed E-state index contributed by atoms with van der Waals surface area (Å²) in [4.78, 5) is 15.6. The molecule has 0 unspecified atom stereocenters. The molecule has 1 fully saturated rings. The Morgan fingerprint density at radius 3 is 2.94 bits per heavy atom. The van der Waals surface area contributed by atoms with Crippen LogP contribution in [-0.4, -0.2) is 17.4 Å². The maximum atomic E-state index is 11.7. The maximum absolute atomic E-state index is 11.7. The molecule has 0 aliphatic heterocycles. The van der Waals surface area contributed by atoms with Crippen molar-refractivity contribution in [2.45, 2.75) is 32.1 Å². The standard InChI is InChI=1S/C13H18N2O/c16-13(12-6-3-8-14-10-12)15-9-7-11-4-1-2-5-11/h3,6,8,10-11H,1-2,4-5,7,9H2,(H,15,16). The van der Waals surface area contributed by atoms with E-state index in [-0.39, 0.29) is 5.91 Å². The van der Waals surface area contributed by atoms with Crippen molar-refractivity contribution in [1.29, 1.82) is 0 Å².